The molecule has 0 amide bonds. The van der Waals surface area contributed by atoms with E-state index in [0.717, 1.165) is 11.5 Å². The molecule has 1 fully saturated rings. The average Bonchev–Trinajstić information content (AvgIpc) is 2.61. The lowest BCUT2D eigenvalue weighted by Gasteiger charge is -1.87. The minimum absolute atomic E-state index is 0.617. The molecule has 0 spiro atoms. The number of rotatable bonds is 1. The fraction of sp³-hybridized carbons (Fsp3) is 0.571. The standard InChI is InChI=1S/C7H8BrNO/c1-4-6(5-2-3-5)10-7(8)9-4/h5H,2-3H2,1H3. The molecule has 1 heterocycles. The molecular weight excluding hydrogens is 194 g/mol. The second kappa shape index (κ2) is 2.09. The second-order valence-electron chi connectivity index (χ2n) is 2.69. The van der Waals surface area contributed by atoms with E-state index >= 15 is 0 Å². The predicted octanol–water partition coefficient (Wildman–Crippen LogP) is 2.62. The zero-order valence-corrected chi connectivity index (χ0v) is 7.31. The van der Waals surface area contributed by atoms with Gasteiger partial charge in [-0.15, -0.1) is 0 Å². The Balaban J connectivity index is 2.38. The summed E-state index contributed by atoms with van der Waals surface area (Å²) in [5.41, 5.74) is 1.04. The van der Waals surface area contributed by atoms with E-state index in [9.17, 15) is 0 Å². The first-order valence-corrected chi connectivity index (χ1v) is 4.19. The lowest BCUT2D eigenvalue weighted by molar-refractivity contribution is 0.480. The Morgan fingerprint density at radius 1 is 1.60 bits per heavy atom. The summed E-state index contributed by atoms with van der Waals surface area (Å²) in [6, 6.07) is 0. The molecule has 10 heavy (non-hydrogen) atoms. The van der Waals surface area contributed by atoms with E-state index in [1.807, 2.05) is 6.92 Å². The molecule has 1 aliphatic carbocycles. The van der Waals surface area contributed by atoms with Gasteiger partial charge in [0.1, 0.15) is 5.76 Å². The zero-order chi connectivity index (χ0) is 7.14. The van der Waals surface area contributed by atoms with E-state index in [0.29, 0.717) is 10.7 Å². The minimum Gasteiger partial charge on any atom is -0.436 e. The van der Waals surface area contributed by atoms with Crippen molar-refractivity contribution in [3.05, 3.63) is 16.3 Å². The third kappa shape index (κ3) is 0.985. The van der Waals surface area contributed by atoms with Crippen LogP contribution in [0.3, 0.4) is 0 Å². The van der Waals surface area contributed by atoms with Gasteiger partial charge in [0.05, 0.1) is 5.69 Å². The van der Waals surface area contributed by atoms with Crippen LogP contribution >= 0.6 is 15.9 Å². The van der Waals surface area contributed by atoms with Crippen molar-refractivity contribution in [3.63, 3.8) is 0 Å². The third-order valence-electron chi connectivity index (χ3n) is 1.75. The van der Waals surface area contributed by atoms with Gasteiger partial charge in [0.15, 0.2) is 0 Å². The van der Waals surface area contributed by atoms with Gasteiger partial charge in [0, 0.05) is 21.8 Å². The first-order chi connectivity index (χ1) is 4.77. The molecule has 1 saturated carbocycles. The SMILES string of the molecule is Cc1nc(Br)oc1C1CC1. The lowest BCUT2D eigenvalue weighted by Crippen LogP contribution is -1.77. The maximum Gasteiger partial charge on any atom is 0.264 e. The largest absolute Gasteiger partial charge is 0.436 e. The number of halogens is 1. The molecule has 1 aromatic rings. The molecule has 0 bridgehead atoms. The van der Waals surface area contributed by atoms with E-state index < -0.39 is 0 Å². The Morgan fingerprint density at radius 3 is 2.70 bits per heavy atom. The molecule has 0 N–H and O–H groups in total. The summed E-state index contributed by atoms with van der Waals surface area (Å²) in [5.74, 6) is 1.74. The lowest BCUT2D eigenvalue weighted by atomic mass is 10.3. The smallest absolute Gasteiger partial charge is 0.264 e. The molecule has 1 aliphatic rings. The van der Waals surface area contributed by atoms with Crippen molar-refractivity contribution in [2.24, 2.45) is 0 Å². The van der Waals surface area contributed by atoms with E-state index in [4.69, 9.17) is 4.42 Å². The van der Waals surface area contributed by atoms with E-state index in [2.05, 4.69) is 20.9 Å². The summed E-state index contributed by atoms with van der Waals surface area (Å²) < 4.78 is 5.34. The molecule has 0 aromatic carbocycles. The minimum atomic E-state index is 0.617. The molecule has 3 heteroatoms. The molecule has 1 aromatic heterocycles. The molecule has 54 valence electrons. The highest BCUT2D eigenvalue weighted by molar-refractivity contribution is 9.10. The van der Waals surface area contributed by atoms with Crippen molar-refractivity contribution >= 4 is 15.9 Å². The summed E-state index contributed by atoms with van der Waals surface area (Å²) in [7, 11) is 0. The Labute approximate surface area is 67.8 Å². The van der Waals surface area contributed by atoms with Gasteiger partial charge in [-0.25, -0.2) is 4.98 Å². The molecule has 0 saturated heterocycles. The zero-order valence-electron chi connectivity index (χ0n) is 5.72. The van der Waals surface area contributed by atoms with Gasteiger partial charge in [0.25, 0.3) is 4.80 Å². The van der Waals surface area contributed by atoms with Crippen molar-refractivity contribution < 1.29 is 4.42 Å². The summed E-state index contributed by atoms with van der Waals surface area (Å²) >= 11 is 3.20. The monoisotopic (exact) mass is 201 g/mol. The van der Waals surface area contributed by atoms with Crippen molar-refractivity contribution in [3.8, 4) is 0 Å². The van der Waals surface area contributed by atoms with Crippen molar-refractivity contribution in [1.82, 2.24) is 4.98 Å². The Morgan fingerprint density at radius 2 is 2.30 bits per heavy atom. The normalized spacial score (nSPS) is 17.8. The van der Waals surface area contributed by atoms with Gasteiger partial charge >= 0.3 is 0 Å². The predicted molar refractivity (Wildman–Crippen MR) is 40.9 cm³/mol. The Kier molecular flexibility index (Phi) is 1.34. The molecule has 0 radical (unpaired) electrons. The van der Waals surface area contributed by atoms with Crippen LogP contribution in [-0.2, 0) is 0 Å². The van der Waals surface area contributed by atoms with Gasteiger partial charge < -0.3 is 4.42 Å². The van der Waals surface area contributed by atoms with Crippen LogP contribution in [0.5, 0.6) is 0 Å². The highest BCUT2D eigenvalue weighted by Crippen LogP contribution is 2.42. The van der Waals surface area contributed by atoms with Crippen LogP contribution in [0, 0.1) is 6.92 Å². The van der Waals surface area contributed by atoms with Gasteiger partial charge in [-0.3, -0.25) is 0 Å². The first-order valence-electron chi connectivity index (χ1n) is 3.40. The third-order valence-corrected chi connectivity index (χ3v) is 2.09. The summed E-state index contributed by atoms with van der Waals surface area (Å²) in [6.07, 6.45) is 2.53. The van der Waals surface area contributed by atoms with Crippen LogP contribution in [0.4, 0.5) is 0 Å². The van der Waals surface area contributed by atoms with Crippen LogP contribution in [0.2, 0.25) is 0 Å². The van der Waals surface area contributed by atoms with Crippen LogP contribution in [0.15, 0.2) is 9.22 Å². The number of oxazole rings is 1. The van der Waals surface area contributed by atoms with Crippen LogP contribution in [0.1, 0.15) is 30.2 Å². The van der Waals surface area contributed by atoms with Crippen molar-refractivity contribution in [2.45, 2.75) is 25.7 Å². The number of hydrogen-bond donors (Lipinski definition) is 0. The van der Waals surface area contributed by atoms with Gasteiger partial charge in [-0.1, -0.05) is 0 Å². The second-order valence-corrected chi connectivity index (χ2v) is 3.37. The average molecular weight is 202 g/mol. The Bertz CT molecular complexity index is 252. The number of nitrogens with zero attached hydrogens (tertiary/aromatic N) is 1. The van der Waals surface area contributed by atoms with Crippen molar-refractivity contribution in [1.29, 1.82) is 0 Å². The number of aryl methyl sites for hydroxylation is 1. The van der Waals surface area contributed by atoms with Crippen molar-refractivity contribution in [2.75, 3.05) is 0 Å². The van der Waals surface area contributed by atoms with E-state index in [-0.39, 0.29) is 0 Å². The first kappa shape index (κ1) is 6.40. The molecular formula is C7H8BrNO. The molecule has 2 nitrogen and oxygen atoms in total. The topological polar surface area (TPSA) is 26.0 Å². The van der Waals surface area contributed by atoms with E-state index in [1.54, 1.807) is 0 Å². The molecule has 0 unspecified atom stereocenters. The van der Waals surface area contributed by atoms with Crippen LogP contribution in [-0.4, -0.2) is 4.98 Å². The van der Waals surface area contributed by atoms with Crippen LogP contribution in [0.25, 0.3) is 0 Å². The molecule has 0 aliphatic heterocycles. The highest BCUT2D eigenvalue weighted by Gasteiger charge is 2.29. The quantitative estimate of drug-likeness (QED) is 0.699. The van der Waals surface area contributed by atoms with Gasteiger partial charge in [0.2, 0.25) is 0 Å². The number of aromatic nitrogens is 1. The fourth-order valence-electron chi connectivity index (χ4n) is 1.10. The van der Waals surface area contributed by atoms with Gasteiger partial charge in [-0.2, -0.15) is 0 Å². The molecule has 2 rings (SSSR count). The maximum atomic E-state index is 5.34. The fourth-order valence-corrected chi connectivity index (χ4v) is 1.54. The molecule has 0 atom stereocenters. The summed E-state index contributed by atoms with van der Waals surface area (Å²) in [5, 5.41) is 0. The number of hydrogen-bond acceptors (Lipinski definition) is 2. The highest BCUT2D eigenvalue weighted by atomic mass is 79.9. The van der Waals surface area contributed by atoms with Crippen LogP contribution < -0.4 is 0 Å². The van der Waals surface area contributed by atoms with Gasteiger partial charge in [-0.05, 0) is 19.8 Å². The van der Waals surface area contributed by atoms with E-state index in [1.165, 1.54) is 12.8 Å². The summed E-state index contributed by atoms with van der Waals surface area (Å²) in [6.45, 7) is 1.99. The maximum absolute atomic E-state index is 5.34. The summed E-state index contributed by atoms with van der Waals surface area (Å²) in [4.78, 5) is 4.74. The Hall–Kier alpha value is -0.310.